The van der Waals surface area contributed by atoms with Crippen LogP contribution in [0, 0.1) is 5.41 Å². The van der Waals surface area contributed by atoms with Gasteiger partial charge in [-0.3, -0.25) is 0 Å². The molecule has 0 amide bonds. The lowest BCUT2D eigenvalue weighted by atomic mass is 9.87. The minimum Gasteiger partial charge on any atom is -0.395 e. The minimum absolute atomic E-state index is 0.140. The summed E-state index contributed by atoms with van der Waals surface area (Å²) in [7, 11) is 0. The van der Waals surface area contributed by atoms with Gasteiger partial charge in [0.2, 0.25) is 0 Å². The first kappa shape index (κ1) is 11.0. The molecule has 13 heavy (non-hydrogen) atoms. The summed E-state index contributed by atoms with van der Waals surface area (Å²) in [5, 5.41) is 11.2. The van der Waals surface area contributed by atoms with Gasteiger partial charge < -0.3 is 5.11 Å². The van der Waals surface area contributed by atoms with Crippen LogP contribution in [0.2, 0.25) is 0 Å². The van der Waals surface area contributed by atoms with Crippen LogP contribution in [0.25, 0.3) is 0 Å². The first-order chi connectivity index (χ1) is 6.11. The van der Waals surface area contributed by atoms with Crippen LogP contribution in [-0.2, 0) is 6.42 Å². The van der Waals surface area contributed by atoms with Crippen molar-refractivity contribution in [1.82, 2.24) is 0 Å². The number of halogens is 1. The van der Waals surface area contributed by atoms with Crippen LogP contribution >= 0.6 is 27.3 Å². The monoisotopic (exact) mass is 260 g/mol. The summed E-state index contributed by atoms with van der Waals surface area (Å²) in [4.78, 5) is 1.26. The molecule has 1 unspecified atom stereocenters. The van der Waals surface area contributed by atoms with Crippen molar-refractivity contribution in [3.05, 3.63) is 33.5 Å². The molecular weight excluding hydrogens is 248 g/mol. The lowest BCUT2D eigenvalue weighted by Gasteiger charge is -2.21. The molecule has 0 fully saturated rings. The van der Waals surface area contributed by atoms with Gasteiger partial charge in [-0.05, 0) is 33.8 Å². The van der Waals surface area contributed by atoms with Crippen LogP contribution in [0.15, 0.2) is 28.6 Å². The van der Waals surface area contributed by atoms with E-state index in [-0.39, 0.29) is 12.0 Å². The Hall–Kier alpha value is -0.120. The first-order valence-electron chi connectivity index (χ1n) is 4.07. The van der Waals surface area contributed by atoms with E-state index in [1.165, 1.54) is 4.88 Å². The predicted octanol–water partition coefficient (Wildman–Crippen LogP) is 3.24. The molecule has 3 heteroatoms. The first-order valence-corrected chi connectivity index (χ1v) is 5.75. The molecule has 1 aromatic rings. The highest BCUT2D eigenvalue weighted by molar-refractivity contribution is 9.10. The lowest BCUT2D eigenvalue weighted by molar-refractivity contribution is 0.185. The number of rotatable bonds is 4. The largest absolute Gasteiger partial charge is 0.395 e. The Balaban J connectivity index is 2.78. The van der Waals surface area contributed by atoms with E-state index in [1.54, 1.807) is 11.3 Å². The van der Waals surface area contributed by atoms with E-state index in [0.29, 0.717) is 0 Å². The van der Waals surface area contributed by atoms with E-state index >= 15 is 0 Å². The van der Waals surface area contributed by atoms with Crippen LogP contribution in [0.5, 0.6) is 0 Å². The van der Waals surface area contributed by atoms with Gasteiger partial charge in [-0.1, -0.05) is 13.0 Å². The fraction of sp³-hybridized carbons (Fsp3) is 0.400. The Morgan fingerprint density at radius 1 is 1.77 bits per heavy atom. The molecule has 0 radical (unpaired) electrons. The fourth-order valence-electron chi connectivity index (χ4n) is 1.01. The van der Waals surface area contributed by atoms with Gasteiger partial charge in [0.1, 0.15) is 0 Å². The third-order valence-electron chi connectivity index (χ3n) is 2.11. The maximum Gasteiger partial charge on any atom is 0.0522 e. The highest BCUT2D eigenvalue weighted by Crippen LogP contribution is 2.31. The van der Waals surface area contributed by atoms with Crippen LogP contribution in [0.4, 0.5) is 0 Å². The minimum atomic E-state index is -0.201. The Kier molecular flexibility index (Phi) is 3.71. The molecule has 0 aliphatic rings. The van der Waals surface area contributed by atoms with E-state index in [9.17, 15) is 5.11 Å². The molecule has 1 N–H and O–H groups in total. The summed E-state index contributed by atoms with van der Waals surface area (Å²) >= 11 is 5.17. The van der Waals surface area contributed by atoms with Gasteiger partial charge in [0.25, 0.3) is 0 Å². The van der Waals surface area contributed by atoms with Crippen LogP contribution in [0.1, 0.15) is 11.8 Å². The summed E-state index contributed by atoms with van der Waals surface area (Å²) in [6, 6.07) is 2.03. The Morgan fingerprint density at radius 2 is 2.46 bits per heavy atom. The van der Waals surface area contributed by atoms with Crippen molar-refractivity contribution in [2.24, 2.45) is 5.41 Å². The van der Waals surface area contributed by atoms with Crippen molar-refractivity contribution in [3.8, 4) is 0 Å². The average molecular weight is 261 g/mol. The summed E-state index contributed by atoms with van der Waals surface area (Å²) in [6.45, 7) is 5.89. The summed E-state index contributed by atoms with van der Waals surface area (Å²) in [5.74, 6) is 0. The Labute approximate surface area is 91.2 Å². The van der Waals surface area contributed by atoms with Gasteiger partial charge in [0.15, 0.2) is 0 Å². The van der Waals surface area contributed by atoms with E-state index in [4.69, 9.17) is 0 Å². The number of hydrogen-bond acceptors (Lipinski definition) is 2. The maximum atomic E-state index is 9.19. The van der Waals surface area contributed by atoms with Crippen molar-refractivity contribution in [2.75, 3.05) is 6.61 Å². The van der Waals surface area contributed by atoms with Crippen molar-refractivity contribution in [1.29, 1.82) is 0 Å². The quantitative estimate of drug-likeness (QED) is 0.825. The molecule has 1 heterocycles. The molecule has 1 nitrogen and oxygen atoms in total. The fourth-order valence-corrected chi connectivity index (χ4v) is 2.70. The molecule has 0 bridgehead atoms. The van der Waals surface area contributed by atoms with E-state index in [0.717, 1.165) is 10.9 Å². The second-order valence-electron chi connectivity index (χ2n) is 3.38. The molecule has 1 aromatic heterocycles. The smallest absolute Gasteiger partial charge is 0.0522 e. The van der Waals surface area contributed by atoms with Crippen LogP contribution < -0.4 is 0 Å². The zero-order chi connectivity index (χ0) is 9.90. The Bertz CT molecular complexity index is 295. The van der Waals surface area contributed by atoms with Crippen molar-refractivity contribution < 1.29 is 5.11 Å². The third-order valence-corrected chi connectivity index (χ3v) is 4.04. The topological polar surface area (TPSA) is 20.2 Å². The second-order valence-corrected chi connectivity index (χ2v) is 5.24. The third kappa shape index (κ3) is 2.66. The number of aliphatic hydroxyl groups excluding tert-OH is 1. The molecule has 0 saturated heterocycles. The molecule has 0 saturated carbocycles. The Morgan fingerprint density at radius 3 is 2.85 bits per heavy atom. The predicted molar refractivity (Wildman–Crippen MR) is 61.1 cm³/mol. The SMILES string of the molecule is C=CC(C)(CO)Cc1sccc1Br. The number of thiophene rings is 1. The maximum absolute atomic E-state index is 9.19. The zero-order valence-electron chi connectivity index (χ0n) is 7.59. The zero-order valence-corrected chi connectivity index (χ0v) is 9.99. The lowest BCUT2D eigenvalue weighted by Crippen LogP contribution is -2.20. The van der Waals surface area contributed by atoms with E-state index < -0.39 is 0 Å². The van der Waals surface area contributed by atoms with E-state index in [1.807, 2.05) is 24.4 Å². The molecule has 1 rings (SSSR count). The van der Waals surface area contributed by atoms with Gasteiger partial charge in [-0.15, -0.1) is 17.9 Å². The van der Waals surface area contributed by atoms with Gasteiger partial charge in [-0.2, -0.15) is 0 Å². The molecular formula is C10H13BrOS. The second kappa shape index (κ2) is 4.40. The van der Waals surface area contributed by atoms with Crippen molar-refractivity contribution >= 4 is 27.3 Å². The molecule has 72 valence electrons. The summed E-state index contributed by atoms with van der Waals surface area (Å²) in [6.07, 6.45) is 2.66. The summed E-state index contributed by atoms with van der Waals surface area (Å²) in [5.41, 5.74) is -0.201. The van der Waals surface area contributed by atoms with E-state index in [2.05, 4.69) is 22.5 Å². The van der Waals surface area contributed by atoms with Gasteiger partial charge >= 0.3 is 0 Å². The number of hydrogen-bond donors (Lipinski definition) is 1. The van der Waals surface area contributed by atoms with Crippen LogP contribution in [-0.4, -0.2) is 11.7 Å². The molecule has 0 spiro atoms. The molecule has 0 aromatic carbocycles. The van der Waals surface area contributed by atoms with Gasteiger partial charge in [0, 0.05) is 14.8 Å². The summed E-state index contributed by atoms with van der Waals surface area (Å²) < 4.78 is 1.12. The standard InChI is InChI=1S/C10H13BrOS/c1-3-10(2,7-12)6-9-8(11)4-5-13-9/h3-5,12H,1,6-7H2,2H3. The normalized spacial score (nSPS) is 15.3. The van der Waals surface area contributed by atoms with Gasteiger partial charge in [-0.25, -0.2) is 0 Å². The van der Waals surface area contributed by atoms with Gasteiger partial charge in [0.05, 0.1) is 6.61 Å². The highest BCUT2D eigenvalue weighted by Gasteiger charge is 2.21. The van der Waals surface area contributed by atoms with Crippen LogP contribution in [0.3, 0.4) is 0 Å². The highest BCUT2D eigenvalue weighted by atomic mass is 79.9. The van der Waals surface area contributed by atoms with Crippen molar-refractivity contribution in [2.45, 2.75) is 13.3 Å². The molecule has 0 aliphatic heterocycles. The van der Waals surface area contributed by atoms with Crippen molar-refractivity contribution in [3.63, 3.8) is 0 Å². The average Bonchev–Trinajstić information content (AvgIpc) is 2.52. The number of aliphatic hydroxyl groups is 1. The molecule has 0 aliphatic carbocycles. The molecule has 1 atom stereocenters.